The molecule has 26 heavy (non-hydrogen) atoms. The van der Waals surface area contributed by atoms with Crippen LogP contribution in [-0.2, 0) is 12.8 Å². The third-order valence-corrected chi connectivity index (χ3v) is 4.91. The van der Waals surface area contributed by atoms with Gasteiger partial charge in [0.2, 0.25) is 0 Å². The molecule has 1 unspecified atom stereocenters. The zero-order chi connectivity index (χ0) is 18.6. The minimum absolute atomic E-state index is 0.631. The Kier molecular flexibility index (Phi) is 9.30. The van der Waals surface area contributed by atoms with Gasteiger partial charge in [0.05, 0.1) is 6.17 Å². The van der Waals surface area contributed by atoms with E-state index in [0.29, 0.717) is 12.8 Å². The van der Waals surface area contributed by atoms with Crippen molar-refractivity contribution in [3.8, 4) is 11.4 Å². The lowest BCUT2D eigenvalue weighted by atomic mass is 10.0. The lowest BCUT2D eigenvalue weighted by molar-refractivity contribution is 0.297. The summed E-state index contributed by atoms with van der Waals surface area (Å²) in [5.41, 5.74) is 3.58. The fraction of sp³-hybridized carbons (Fsp3) is 0.565. The number of alkyl halides is 1. The molecular weight excluding hydrogens is 323 g/mol. The van der Waals surface area contributed by atoms with Crippen molar-refractivity contribution in [2.45, 2.75) is 84.2 Å². The number of aryl methyl sites for hydroxylation is 2. The minimum Gasteiger partial charge on any atom is -0.248 e. The summed E-state index contributed by atoms with van der Waals surface area (Å²) in [5, 5.41) is 0. The van der Waals surface area contributed by atoms with Crippen LogP contribution in [0.15, 0.2) is 36.7 Å². The highest BCUT2D eigenvalue weighted by molar-refractivity contribution is 5.55. The molecular formula is C23H33FN2. The SMILES string of the molecule is CCCCCCc1cnc(-c2ccc(CCCCC(F)CC)cc2)nc1. The Hall–Kier alpha value is -1.77. The van der Waals surface area contributed by atoms with Gasteiger partial charge in [0.25, 0.3) is 0 Å². The molecule has 0 radical (unpaired) electrons. The minimum atomic E-state index is -0.635. The van der Waals surface area contributed by atoms with E-state index in [9.17, 15) is 4.39 Å². The van der Waals surface area contributed by atoms with E-state index in [1.165, 1.54) is 36.8 Å². The van der Waals surface area contributed by atoms with Gasteiger partial charge in [-0.3, -0.25) is 0 Å². The number of aromatic nitrogens is 2. The molecule has 0 fully saturated rings. The molecule has 3 heteroatoms. The molecule has 0 aliphatic rings. The van der Waals surface area contributed by atoms with Crippen molar-refractivity contribution in [1.82, 2.24) is 9.97 Å². The molecule has 1 aromatic carbocycles. The fourth-order valence-electron chi connectivity index (χ4n) is 3.11. The second kappa shape index (κ2) is 11.8. The summed E-state index contributed by atoms with van der Waals surface area (Å²) < 4.78 is 13.2. The van der Waals surface area contributed by atoms with E-state index in [2.05, 4.69) is 41.2 Å². The summed E-state index contributed by atoms with van der Waals surface area (Å²) >= 11 is 0. The molecule has 2 nitrogen and oxygen atoms in total. The Morgan fingerprint density at radius 2 is 1.46 bits per heavy atom. The van der Waals surface area contributed by atoms with Crippen molar-refractivity contribution >= 4 is 0 Å². The third kappa shape index (κ3) is 7.23. The summed E-state index contributed by atoms with van der Waals surface area (Å²) in [6.45, 7) is 4.14. The molecule has 0 saturated carbocycles. The van der Waals surface area contributed by atoms with Gasteiger partial charge < -0.3 is 0 Å². The van der Waals surface area contributed by atoms with Crippen molar-refractivity contribution < 1.29 is 4.39 Å². The Labute approximate surface area is 158 Å². The largest absolute Gasteiger partial charge is 0.248 e. The molecule has 0 bridgehead atoms. The predicted octanol–water partition coefficient (Wildman–Crippen LogP) is 6.73. The lowest BCUT2D eigenvalue weighted by Gasteiger charge is -2.06. The Bertz CT molecular complexity index is 607. The van der Waals surface area contributed by atoms with Crippen LogP contribution >= 0.6 is 0 Å². The fourth-order valence-corrected chi connectivity index (χ4v) is 3.11. The predicted molar refractivity (Wildman–Crippen MR) is 108 cm³/mol. The van der Waals surface area contributed by atoms with Crippen LogP contribution in [0.1, 0.15) is 76.3 Å². The molecule has 1 heterocycles. The van der Waals surface area contributed by atoms with Crippen LogP contribution in [0.4, 0.5) is 4.39 Å². The topological polar surface area (TPSA) is 25.8 Å². The average molecular weight is 357 g/mol. The molecule has 0 aliphatic heterocycles. The van der Waals surface area contributed by atoms with Gasteiger partial charge in [0.1, 0.15) is 0 Å². The van der Waals surface area contributed by atoms with Crippen LogP contribution in [0.25, 0.3) is 11.4 Å². The van der Waals surface area contributed by atoms with Crippen LogP contribution in [0.3, 0.4) is 0 Å². The van der Waals surface area contributed by atoms with Gasteiger partial charge in [-0.1, -0.05) is 63.8 Å². The maximum Gasteiger partial charge on any atom is 0.159 e. The van der Waals surface area contributed by atoms with Gasteiger partial charge in [0.15, 0.2) is 5.82 Å². The smallest absolute Gasteiger partial charge is 0.159 e. The second-order valence-electron chi connectivity index (χ2n) is 7.17. The quantitative estimate of drug-likeness (QED) is 0.394. The summed E-state index contributed by atoms with van der Waals surface area (Å²) in [6, 6.07) is 8.47. The van der Waals surface area contributed by atoms with Crippen LogP contribution in [0, 0.1) is 0 Å². The van der Waals surface area contributed by atoms with E-state index >= 15 is 0 Å². The van der Waals surface area contributed by atoms with E-state index < -0.39 is 6.17 Å². The van der Waals surface area contributed by atoms with Gasteiger partial charge >= 0.3 is 0 Å². The van der Waals surface area contributed by atoms with E-state index in [0.717, 1.165) is 37.1 Å². The summed E-state index contributed by atoms with van der Waals surface area (Å²) in [7, 11) is 0. The lowest BCUT2D eigenvalue weighted by Crippen LogP contribution is -1.97. The van der Waals surface area contributed by atoms with Crippen molar-refractivity contribution in [3.63, 3.8) is 0 Å². The normalized spacial score (nSPS) is 12.3. The van der Waals surface area contributed by atoms with E-state index in [-0.39, 0.29) is 0 Å². The first-order valence-corrected chi connectivity index (χ1v) is 10.3. The number of benzene rings is 1. The molecule has 0 spiro atoms. The number of hydrogen-bond acceptors (Lipinski definition) is 2. The van der Waals surface area contributed by atoms with Gasteiger partial charge in [-0.05, 0) is 49.7 Å². The maximum atomic E-state index is 13.2. The Balaban J connectivity index is 1.80. The molecule has 2 aromatic rings. The number of rotatable bonds is 12. The highest BCUT2D eigenvalue weighted by Gasteiger charge is 2.04. The third-order valence-electron chi connectivity index (χ3n) is 4.91. The first kappa shape index (κ1) is 20.5. The summed E-state index contributed by atoms with van der Waals surface area (Å²) in [4.78, 5) is 9.06. The molecule has 2 rings (SSSR count). The standard InChI is InChI=1S/C23H33FN2/c1-3-5-6-7-11-20-17-25-23(26-18-20)21-15-13-19(14-16-21)10-8-9-12-22(24)4-2/h13-18,22H,3-12H2,1-2H3. The van der Waals surface area contributed by atoms with Crippen LogP contribution in [0.2, 0.25) is 0 Å². The van der Waals surface area contributed by atoms with E-state index in [1.807, 2.05) is 19.3 Å². The van der Waals surface area contributed by atoms with Crippen LogP contribution in [-0.4, -0.2) is 16.1 Å². The van der Waals surface area contributed by atoms with E-state index in [4.69, 9.17) is 0 Å². The van der Waals surface area contributed by atoms with Gasteiger partial charge in [0, 0.05) is 18.0 Å². The van der Waals surface area contributed by atoms with Crippen molar-refractivity contribution in [2.75, 3.05) is 0 Å². The van der Waals surface area contributed by atoms with E-state index in [1.54, 1.807) is 0 Å². The van der Waals surface area contributed by atoms with Crippen molar-refractivity contribution in [2.24, 2.45) is 0 Å². The van der Waals surface area contributed by atoms with Crippen LogP contribution < -0.4 is 0 Å². The number of halogens is 1. The zero-order valence-electron chi connectivity index (χ0n) is 16.4. The number of hydrogen-bond donors (Lipinski definition) is 0. The van der Waals surface area contributed by atoms with Gasteiger partial charge in [-0.2, -0.15) is 0 Å². The number of unbranched alkanes of at least 4 members (excludes halogenated alkanes) is 4. The molecule has 0 aliphatic carbocycles. The Morgan fingerprint density at radius 1 is 0.808 bits per heavy atom. The first-order valence-electron chi connectivity index (χ1n) is 10.3. The molecule has 1 atom stereocenters. The summed E-state index contributed by atoms with van der Waals surface area (Å²) in [6.07, 6.45) is 13.7. The Morgan fingerprint density at radius 3 is 2.12 bits per heavy atom. The monoisotopic (exact) mass is 356 g/mol. The second-order valence-corrected chi connectivity index (χ2v) is 7.17. The highest BCUT2D eigenvalue weighted by atomic mass is 19.1. The zero-order valence-corrected chi connectivity index (χ0v) is 16.4. The molecule has 0 N–H and O–H groups in total. The molecule has 142 valence electrons. The molecule has 0 amide bonds. The first-order chi connectivity index (χ1) is 12.7. The van der Waals surface area contributed by atoms with Crippen molar-refractivity contribution in [3.05, 3.63) is 47.8 Å². The average Bonchev–Trinajstić information content (AvgIpc) is 2.69. The summed E-state index contributed by atoms with van der Waals surface area (Å²) in [5.74, 6) is 0.789. The van der Waals surface area contributed by atoms with Gasteiger partial charge in [-0.15, -0.1) is 0 Å². The molecule has 0 saturated heterocycles. The van der Waals surface area contributed by atoms with Crippen LogP contribution in [0.5, 0.6) is 0 Å². The maximum absolute atomic E-state index is 13.2. The number of nitrogens with zero attached hydrogens (tertiary/aromatic N) is 2. The molecule has 1 aromatic heterocycles. The highest BCUT2D eigenvalue weighted by Crippen LogP contribution is 2.18. The van der Waals surface area contributed by atoms with Gasteiger partial charge in [-0.25, -0.2) is 14.4 Å². The van der Waals surface area contributed by atoms with Crippen molar-refractivity contribution in [1.29, 1.82) is 0 Å².